The molecule has 0 aliphatic rings. The number of anilines is 1. The number of aromatic nitrogens is 2. The van der Waals surface area contributed by atoms with Crippen molar-refractivity contribution in [2.75, 3.05) is 11.9 Å². The smallest absolute Gasteiger partial charge is 0.205 e. The van der Waals surface area contributed by atoms with Crippen LogP contribution in [-0.4, -0.2) is 27.7 Å². The van der Waals surface area contributed by atoms with Gasteiger partial charge in [-0.2, -0.15) is 0 Å². The van der Waals surface area contributed by atoms with Gasteiger partial charge in [-0.15, -0.1) is 10.2 Å². The van der Waals surface area contributed by atoms with Crippen LogP contribution < -0.4 is 5.32 Å². The second kappa shape index (κ2) is 8.10. The Bertz CT molecular complexity index is 524. The lowest BCUT2D eigenvalue weighted by Gasteiger charge is -2.25. The van der Waals surface area contributed by atoms with Gasteiger partial charge in [0.1, 0.15) is 5.01 Å². The van der Waals surface area contributed by atoms with E-state index in [9.17, 15) is 0 Å². The maximum atomic E-state index is 4.30. The molecule has 0 bridgehead atoms. The van der Waals surface area contributed by atoms with Gasteiger partial charge in [0, 0.05) is 19.1 Å². The average molecular weight is 304 g/mol. The molecule has 2 rings (SSSR count). The van der Waals surface area contributed by atoms with Crippen LogP contribution >= 0.6 is 11.3 Å². The standard InChI is InChI=1S/C16H24N4S/c1-4-10-17-16-19-18-15(21-16)12-20(13(2)3)11-14-8-6-5-7-9-14/h5-9,13H,4,10-12H2,1-3H3,(H,17,19). The third-order valence-corrected chi connectivity index (χ3v) is 4.16. The lowest BCUT2D eigenvalue weighted by Crippen LogP contribution is -2.29. The predicted molar refractivity (Wildman–Crippen MR) is 89.5 cm³/mol. The van der Waals surface area contributed by atoms with Crippen LogP contribution in [0.25, 0.3) is 0 Å². The average Bonchev–Trinajstić information content (AvgIpc) is 2.93. The molecule has 0 saturated carbocycles. The van der Waals surface area contributed by atoms with Crippen molar-refractivity contribution in [3.63, 3.8) is 0 Å². The minimum absolute atomic E-state index is 0.473. The zero-order valence-corrected chi connectivity index (χ0v) is 13.9. The molecule has 114 valence electrons. The van der Waals surface area contributed by atoms with Crippen LogP contribution in [0.1, 0.15) is 37.8 Å². The number of hydrogen-bond donors (Lipinski definition) is 1. The first-order valence-corrected chi connectivity index (χ1v) is 8.35. The Labute approximate surface area is 131 Å². The number of nitrogens with zero attached hydrogens (tertiary/aromatic N) is 3. The van der Waals surface area contributed by atoms with Crippen molar-refractivity contribution in [2.45, 2.75) is 46.3 Å². The van der Waals surface area contributed by atoms with Crippen molar-refractivity contribution in [3.8, 4) is 0 Å². The first kappa shape index (κ1) is 15.9. The summed E-state index contributed by atoms with van der Waals surface area (Å²) in [7, 11) is 0. The van der Waals surface area contributed by atoms with Crippen LogP contribution in [0.15, 0.2) is 30.3 Å². The molecular formula is C16H24N4S. The molecule has 1 aromatic carbocycles. The van der Waals surface area contributed by atoms with Gasteiger partial charge in [0.05, 0.1) is 6.54 Å². The molecule has 0 fully saturated rings. The van der Waals surface area contributed by atoms with Crippen LogP contribution in [-0.2, 0) is 13.1 Å². The van der Waals surface area contributed by atoms with Crippen LogP contribution in [0.5, 0.6) is 0 Å². The molecular weight excluding hydrogens is 280 g/mol. The van der Waals surface area contributed by atoms with Crippen LogP contribution in [0.3, 0.4) is 0 Å². The van der Waals surface area contributed by atoms with E-state index < -0.39 is 0 Å². The van der Waals surface area contributed by atoms with E-state index in [1.807, 2.05) is 0 Å². The molecule has 0 atom stereocenters. The zero-order valence-electron chi connectivity index (χ0n) is 13.0. The van der Waals surface area contributed by atoms with Gasteiger partial charge in [-0.25, -0.2) is 0 Å². The summed E-state index contributed by atoms with van der Waals surface area (Å²) in [4.78, 5) is 2.42. The molecule has 0 saturated heterocycles. The molecule has 21 heavy (non-hydrogen) atoms. The van der Waals surface area contributed by atoms with E-state index in [4.69, 9.17) is 0 Å². The number of hydrogen-bond acceptors (Lipinski definition) is 5. The van der Waals surface area contributed by atoms with Gasteiger partial charge in [0.25, 0.3) is 0 Å². The zero-order chi connectivity index (χ0) is 15.1. The highest BCUT2D eigenvalue weighted by Crippen LogP contribution is 2.19. The molecule has 0 radical (unpaired) electrons. The quantitative estimate of drug-likeness (QED) is 0.806. The Balaban J connectivity index is 1.97. The fourth-order valence-corrected chi connectivity index (χ4v) is 2.82. The molecule has 5 heteroatoms. The summed E-state index contributed by atoms with van der Waals surface area (Å²) >= 11 is 1.65. The summed E-state index contributed by atoms with van der Waals surface area (Å²) in [6, 6.07) is 11.0. The third-order valence-electron chi connectivity index (χ3n) is 3.29. The molecule has 1 aromatic heterocycles. The van der Waals surface area contributed by atoms with Gasteiger partial charge < -0.3 is 5.32 Å². The number of nitrogens with one attached hydrogen (secondary N) is 1. The number of benzene rings is 1. The van der Waals surface area contributed by atoms with E-state index in [0.717, 1.165) is 36.2 Å². The Kier molecular flexibility index (Phi) is 6.14. The van der Waals surface area contributed by atoms with Gasteiger partial charge in [0.15, 0.2) is 0 Å². The normalized spacial score (nSPS) is 11.3. The molecule has 0 unspecified atom stereocenters. The minimum atomic E-state index is 0.473. The van der Waals surface area contributed by atoms with Crippen molar-refractivity contribution >= 4 is 16.5 Å². The largest absolute Gasteiger partial charge is 0.360 e. The summed E-state index contributed by atoms with van der Waals surface area (Å²) in [5.74, 6) is 0. The van der Waals surface area contributed by atoms with Crippen molar-refractivity contribution < 1.29 is 0 Å². The van der Waals surface area contributed by atoms with Crippen LogP contribution in [0, 0.1) is 0 Å². The summed E-state index contributed by atoms with van der Waals surface area (Å²) in [6.07, 6.45) is 1.10. The lowest BCUT2D eigenvalue weighted by molar-refractivity contribution is 0.203. The van der Waals surface area contributed by atoms with Crippen molar-refractivity contribution in [3.05, 3.63) is 40.9 Å². The maximum absolute atomic E-state index is 4.30. The van der Waals surface area contributed by atoms with Gasteiger partial charge in [-0.05, 0) is 25.8 Å². The molecule has 4 nitrogen and oxygen atoms in total. The predicted octanol–water partition coefficient (Wildman–Crippen LogP) is 3.77. The summed E-state index contributed by atoms with van der Waals surface area (Å²) in [5, 5.41) is 13.8. The molecule has 0 aliphatic carbocycles. The van der Waals surface area contributed by atoms with Gasteiger partial charge in [-0.3, -0.25) is 4.90 Å². The highest BCUT2D eigenvalue weighted by atomic mass is 32.1. The Hall–Kier alpha value is -1.46. The Morgan fingerprint density at radius 3 is 2.57 bits per heavy atom. The molecule has 1 heterocycles. The number of rotatable bonds is 8. The molecule has 0 spiro atoms. The topological polar surface area (TPSA) is 41.1 Å². The van der Waals surface area contributed by atoms with E-state index in [2.05, 4.69) is 71.5 Å². The maximum Gasteiger partial charge on any atom is 0.205 e. The second-order valence-corrected chi connectivity index (χ2v) is 6.47. The fraction of sp³-hybridized carbons (Fsp3) is 0.500. The Morgan fingerprint density at radius 2 is 1.90 bits per heavy atom. The monoisotopic (exact) mass is 304 g/mol. The SMILES string of the molecule is CCCNc1nnc(CN(Cc2ccccc2)C(C)C)s1. The highest BCUT2D eigenvalue weighted by Gasteiger charge is 2.14. The molecule has 0 amide bonds. The molecule has 0 aliphatic heterocycles. The first-order chi connectivity index (χ1) is 10.2. The Morgan fingerprint density at radius 1 is 1.14 bits per heavy atom. The lowest BCUT2D eigenvalue weighted by atomic mass is 10.2. The molecule has 1 N–H and O–H groups in total. The van der Waals surface area contributed by atoms with E-state index in [1.54, 1.807) is 11.3 Å². The third kappa shape index (κ3) is 5.10. The van der Waals surface area contributed by atoms with E-state index in [0.29, 0.717) is 6.04 Å². The van der Waals surface area contributed by atoms with E-state index in [-0.39, 0.29) is 0 Å². The molecule has 2 aromatic rings. The first-order valence-electron chi connectivity index (χ1n) is 7.53. The summed E-state index contributed by atoms with van der Waals surface area (Å²) in [5.41, 5.74) is 1.33. The van der Waals surface area contributed by atoms with E-state index in [1.165, 1.54) is 5.56 Å². The fourth-order valence-electron chi connectivity index (χ4n) is 2.03. The van der Waals surface area contributed by atoms with Gasteiger partial charge >= 0.3 is 0 Å². The minimum Gasteiger partial charge on any atom is -0.360 e. The van der Waals surface area contributed by atoms with Gasteiger partial charge in [-0.1, -0.05) is 48.6 Å². The summed E-state index contributed by atoms with van der Waals surface area (Å²) in [6.45, 7) is 9.33. The highest BCUT2D eigenvalue weighted by molar-refractivity contribution is 7.15. The van der Waals surface area contributed by atoms with Crippen molar-refractivity contribution in [2.24, 2.45) is 0 Å². The van der Waals surface area contributed by atoms with Gasteiger partial charge in [0.2, 0.25) is 5.13 Å². The summed E-state index contributed by atoms with van der Waals surface area (Å²) < 4.78 is 0. The van der Waals surface area contributed by atoms with Crippen molar-refractivity contribution in [1.29, 1.82) is 0 Å². The second-order valence-electron chi connectivity index (χ2n) is 5.41. The van der Waals surface area contributed by atoms with Crippen molar-refractivity contribution in [1.82, 2.24) is 15.1 Å². The van der Waals surface area contributed by atoms with Crippen LogP contribution in [0.4, 0.5) is 5.13 Å². The van der Waals surface area contributed by atoms with E-state index >= 15 is 0 Å². The van der Waals surface area contributed by atoms with Crippen LogP contribution in [0.2, 0.25) is 0 Å².